The first-order chi connectivity index (χ1) is 14.0. The molecule has 1 unspecified atom stereocenters. The number of nitrogens with one attached hydrogen (secondary N) is 1. The van der Waals surface area contributed by atoms with E-state index in [4.69, 9.17) is 9.47 Å². The Morgan fingerprint density at radius 2 is 1.59 bits per heavy atom. The van der Waals surface area contributed by atoms with E-state index in [9.17, 15) is 4.79 Å². The zero-order valence-electron chi connectivity index (χ0n) is 17.1. The molecular formula is C25H27NO3. The van der Waals surface area contributed by atoms with E-state index in [1.165, 1.54) is 5.56 Å². The number of benzene rings is 3. The van der Waals surface area contributed by atoms with Crippen LogP contribution in [0.3, 0.4) is 0 Å². The molecule has 1 atom stereocenters. The molecule has 150 valence electrons. The van der Waals surface area contributed by atoms with Crippen molar-refractivity contribution in [2.24, 2.45) is 5.92 Å². The average molecular weight is 389 g/mol. The molecule has 0 aliphatic carbocycles. The van der Waals surface area contributed by atoms with Crippen molar-refractivity contribution < 1.29 is 14.3 Å². The van der Waals surface area contributed by atoms with Gasteiger partial charge in [0.25, 0.3) is 0 Å². The Morgan fingerprint density at radius 3 is 2.28 bits per heavy atom. The monoisotopic (exact) mass is 389 g/mol. The second kappa shape index (κ2) is 9.78. The smallest absolute Gasteiger partial charge is 0.329 e. The highest BCUT2D eigenvalue weighted by Gasteiger charge is 2.23. The molecule has 0 aliphatic heterocycles. The molecular weight excluding hydrogens is 362 g/mol. The summed E-state index contributed by atoms with van der Waals surface area (Å²) in [6, 6.07) is 24.7. The first kappa shape index (κ1) is 20.5. The molecule has 3 rings (SSSR count). The zero-order chi connectivity index (χ0) is 20.6. The molecule has 0 heterocycles. The van der Waals surface area contributed by atoms with Crippen LogP contribution in [0.2, 0.25) is 0 Å². The highest BCUT2D eigenvalue weighted by atomic mass is 16.5. The normalized spacial score (nSPS) is 11.7. The number of ether oxygens (including phenoxy) is 2. The molecule has 0 spiro atoms. The number of carbonyl (C=O) groups excluding carboxylic acids is 1. The summed E-state index contributed by atoms with van der Waals surface area (Å²) in [4.78, 5) is 12.7. The topological polar surface area (TPSA) is 47.6 Å². The number of rotatable bonds is 8. The van der Waals surface area contributed by atoms with Crippen LogP contribution in [-0.4, -0.2) is 12.0 Å². The molecule has 4 heteroatoms. The Labute approximate surface area is 172 Å². The Bertz CT molecular complexity index is 920. The van der Waals surface area contributed by atoms with Crippen molar-refractivity contribution >= 4 is 11.7 Å². The van der Waals surface area contributed by atoms with Crippen molar-refractivity contribution in [2.45, 2.75) is 33.4 Å². The summed E-state index contributed by atoms with van der Waals surface area (Å²) in [7, 11) is 0. The summed E-state index contributed by atoms with van der Waals surface area (Å²) >= 11 is 0. The number of aryl methyl sites for hydroxylation is 1. The van der Waals surface area contributed by atoms with Crippen LogP contribution in [0.1, 0.15) is 25.0 Å². The molecule has 3 aromatic carbocycles. The number of esters is 1. The standard InChI is InChI=1S/C25H27NO3/c1-18(2)24(26-21-14-12-19(3)13-15-21)25(27)28-17-20-8-7-11-23(16-20)29-22-9-5-4-6-10-22/h4-16,18,24,26H,17H2,1-3H3. The quantitative estimate of drug-likeness (QED) is 0.482. The van der Waals surface area contributed by atoms with Gasteiger partial charge in [-0.2, -0.15) is 0 Å². The van der Waals surface area contributed by atoms with Crippen LogP contribution in [0.15, 0.2) is 78.9 Å². The Kier molecular flexibility index (Phi) is 6.90. The fraction of sp³-hybridized carbons (Fsp3) is 0.240. The van der Waals surface area contributed by atoms with Gasteiger partial charge in [-0.05, 0) is 54.8 Å². The lowest BCUT2D eigenvalue weighted by atomic mass is 10.0. The van der Waals surface area contributed by atoms with Gasteiger partial charge in [-0.1, -0.05) is 61.9 Å². The molecule has 1 N–H and O–H groups in total. The Morgan fingerprint density at radius 1 is 0.897 bits per heavy atom. The van der Waals surface area contributed by atoms with E-state index in [-0.39, 0.29) is 18.5 Å². The van der Waals surface area contributed by atoms with Gasteiger partial charge >= 0.3 is 5.97 Å². The summed E-state index contributed by atoms with van der Waals surface area (Å²) in [6.07, 6.45) is 0. The molecule has 0 amide bonds. The number of para-hydroxylation sites is 1. The van der Waals surface area contributed by atoms with Crippen molar-refractivity contribution in [3.8, 4) is 11.5 Å². The lowest BCUT2D eigenvalue weighted by Gasteiger charge is -2.22. The van der Waals surface area contributed by atoms with Gasteiger partial charge in [0.2, 0.25) is 0 Å². The van der Waals surface area contributed by atoms with Crippen LogP contribution in [0, 0.1) is 12.8 Å². The molecule has 0 radical (unpaired) electrons. The molecule has 3 aromatic rings. The third-order valence-electron chi connectivity index (χ3n) is 4.55. The van der Waals surface area contributed by atoms with Crippen molar-refractivity contribution in [3.63, 3.8) is 0 Å². The summed E-state index contributed by atoms with van der Waals surface area (Å²) in [5.74, 6) is 1.30. The van der Waals surface area contributed by atoms with Gasteiger partial charge < -0.3 is 14.8 Å². The maximum atomic E-state index is 12.7. The third kappa shape index (κ3) is 6.11. The van der Waals surface area contributed by atoms with E-state index in [1.54, 1.807) is 0 Å². The third-order valence-corrected chi connectivity index (χ3v) is 4.55. The first-order valence-electron chi connectivity index (χ1n) is 9.83. The minimum absolute atomic E-state index is 0.0940. The lowest BCUT2D eigenvalue weighted by molar-refractivity contribution is -0.146. The van der Waals surface area contributed by atoms with Gasteiger partial charge in [-0.3, -0.25) is 0 Å². The molecule has 4 nitrogen and oxygen atoms in total. The van der Waals surface area contributed by atoms with Gasteiger partial charge in [-0.15, -0.1) is 0 Å². The highest BCUT2D eigenvalue weighted by Crippen LogP contribution is 2.22. The van der Waals surface area contributed by atoms with Gasteiger partial charge in [0, 0.05) is 5.69 Å². The second-order valence-corrected chi connectivity index (χ2v) is 7.40. The van der Waals surface area contributed by atoms with Gasteiger partial charge in [0.1, 0.15) is 24.1 Å². The number of carbonyl (C=O) groups is 1. The van der Waals surface area contributed by atoms with E-state index in [0.717, 1.165) is 17.0 Å². The van der Waals surface area contributed by atoms with Crippen LogP contribution >= 0.6 is 0 Å². The maximum Gasteiger partial charge on any atom is 0.329 e. The van der Waals surface area contributed by atoms with E-state index in [0.29, 0.717) is 5.75 Å². The van der Waals surface area contributed by atoms with Crippen LogP contribution < -0.4 is 10.1 Å². The highest BCUT2D eigenvalue weighted by molar-refractivity contribution is 5.79. The molecule has 0 saturated heterocycles. The number of anilines is 1. The molecule has 0 bridgehead atoms. The van der Waals surface area contributed by atoms with Crippen LogP contribution in [0.4, 0.5) is 5.69 Å². The summed E-state index contributed by atoms with van der Waals surface area (Å²) < 4.78 is 11.4. The van der Waals surface area contributed by atoms with E-state index in [2.05, 4.69) is 5.32 Å². The lowest BCUT2D eigenvalue weighted by Crippen LogP contribution is -2.36. The zero-order valence-corrected chi connectivity index (χ0v) is 17.1. The van der Waals surface area contributed by atoms with Gasteiger partial charge in [0.15, 0.2) is 0 Å². The van der Waals surface area contributed by atoms with E-state index >= 15 is 0 Å². The minimum atomic E-state index is -0.415. The summed E-state index contributed by atoms with van der Waals surface area (Å²) in [6.45, 7) is 6.24. The predicted molar refractivity (Wildman–Crippen MR) is 116 cm³/mol. The summed E-state index contributed by atoms with van der Waals surface area (Å²) in [5.41, 5.74) is 2.96. The SMILES string of the molecule is Cc1ccc(NC(C(=O)OCc2cccc(Oc3ccccc3)c2)C(C)C)cc1. The molecule has 0 saturated carbocycles. The Balaban J connectivity index is 1.60. The molecule has 29 heavy (non-hydrogen) atoms. The fourth-order valence-electron chi connectivity index (χ4n) is 2.89. The van der Waals surface area contributed by atoms with Crippen molar-refractivity contribution in [3.05, 3.63) is 90.0 Å². The van der Waals surface area contributed by atoms with Crippen LogP contribution in [-0.2, 0) is 16.1 Å². The summed E-state index contributed by atoms with van der Waals surface area (Å²) in [5, 5.41) is 3.29. The fourth-order valence-corrected chi connectivity index (χ4v) is 2.89. The molecule has 0 aromatic heterocycles. The number of hydrogen-bond acceptors (Lipinski definition) is 4. The average Bonchev–Trinajstić information content (AvgIpc) is 2.72. The minimum Gasteiger partial charge on any atom is -0.459 e. The van der Waals surface area contributed by atoms with Gasteiger partial charge in [0.05, 0.1) is 0 Å². The molecule has 0 aliphatic rings. The van der Waals surface area contributed by atoms with E-state index < -0.39 is 6.04 Å². The second-order valence-electron chi connectivity index (χ2n) is 7.40. The molecule has 0 fully saturated rings. The number of hydrogen-bond donors (Lipinski definition) is 1. The van der Waals surface area contributed by atoms with Gasteiger partial charge in [-0.25, -0.2) is 4.79 Å². The van der Waals surface area contributed by atoms with Crippen molar-refractivity contribution in [1.29, 1.82) is 0 Å². The van der Waals surface area contributed by atoms with Crippen LogP contribution in [0.5, 0.6) is 11.5 Å². The van der Waals surface area contributed by atoms with Crippen LogP contribution in [0.25, 0.3) is 0 Å². The van der Waals surface area contributed by atoms with E-state index in [1.807, 2.05) is 99.6 Å². The maximum absolute atomic E-state index is 12.7. The van der Waals surface area contributed by atoms with Crippen molar-refractivity contribution in [2.75, 3.05) is 5.32 Å². The predicted octanol–water partition coefficient (Wildman–Crippen LogP) is 5.97. The van der Waals surface area contributed by atoms with Crippen molar-refractivity contribution in [1.82, 2.24) is 0 Å². The first-order valence-corrected chi connectivity index (χ1v) is 9.83. The Hall–Kier alpha value is -3.27. The largest absolute Gasteiger partial charge is 0.459 e.